The smallest absolute Gasteiger partial charge is 0.281 e. The number of pyridine rings is 2. The SMILES string of the molecule is CCc1c2nc(-c3cc(S(=O)(=O)N4CCN(CC)CC4)cnc3OCCCOC)n(C)c(=O)c2nn1-c1ccccn1. The maximum Gasteiger partial charge on any atom is 0.281 e. The first-order valence-corrected chi connectivity index (χ1v) is 15.5. The second-order valence-electron chi connectivity index (χ2n) is 9.95. The molecule has 0 spiro atoms. The highest BCUT2D eigenvalue weighted by Gasteiger charge is 2.30. The summed E-state index contributed by atoms with van der Waals surface area (Å²) in [7, 11) is -0.667. The van der Waals surface area contributed by atoms with Crippen molar-refractivity contribution in [2.24, 2.45) is 7.05 Å². The van der Waals surface area contributed by atoms with E-state index < -0.39 is 10.0 Å². The van der Waals surface area contributed by atoms with Gasteiger partial charge in [-0.15, -0.1) is 0 Å². The Hall–Kier alpha value is -3.72. The Morgan fingerprint density at radius 1 is 1.02 bits per heavy atom. The summed E-state index contributed by atoms with van der Waals surface area (Å²) in [6, 6.07) is 6.96. The molecule has 0 bridgehead atoms. The van der Waals surface area contributed by atoms with E-state index in [1.165, 1.54) is 21.1 Å². The van der Waals surface area contributed by atoms with E-state index in [9.17, 15) is 13.2 Å². The lowest BCUT2D eigenvalue weighted by Crippen LogP contribution is -2.48. The zero-order chi connectivity index (χ0) is 29.9. The lowest BCUT2D eigenvalue weighted by Gasteiger charge is -2.33. The fraction of sp³-hybridized carbons (Fsp3) is 0.464. The summed E-state index contributed by atoms with van der Waals surface area (Å²) < 4.78 is 43.0. The number of piperazine rings is 1. The van der Waals surface area contributed by atoms with Gasteiger partial charge in [0.15, 0.2) is 11.3 Å². The number of ether oxygens (including phenoxy) is 2. The van der Waals surface area contributed by atoms with E-state index in [2.05, 4.69) is 26.9 Å². The van der Waals surface area contributed by atoms with Crippen LogP contribution >= 0.6 is 0 Å². The van der Waals surface area contributed by atoms with Gasteiger partial charge in [-0.3, -0.25) is 9.36 Å². The summed E-state index contributed by atoms with van der Waals surface area (Å²) in [5.41, 5.74) is 1.23. The average Bonchev–Trinajstić information content (AvgIpc) is 3.40. The maximum atomic E-state index is 13.7. The number of hydrogen-bond donors (Lipinski definition) is 0. The molecule has 1 aliphatic heterocycles. The van der Waals surface area contributed by atoms with Gasteiger partial charge in [-0.1, -0.05) is 19.9 Å². The van der Waals surface area contributed by atoms with Crippen molar-refractivity contribution in [3.63, 3.8) is 0 Å². The Kier molecular flexibility index (Phi) is 8.96. The van der Waals surface area contributed by atoms with Crippen molar-refractivity contribution in [2.75, 3.05) is 53.0 Å². The van der Waals surface area contributed by atoms with Gasteiger partial charge >= 0.3 is 0 Å². The van der Waals surface area contributed by atoms with Crippen LogP contribution in [-0.4, -0.2) is 100.0 Å². The number of hydrogen-bond acceptors (Lipinski definition) is 10. The number of sulfonamides is 1. The molecule has 4 aromatic heterocycles. The van der Waals surface area contributed by atoms with Crippen molar-refractivity contribution in [1.29, 1.82) is 0 Å². The molecule has 13 nitrogen and oxygen atoms in total. The quantitative estimate of drug-likeness (QED) is 0.236. The van der Waals surface area contributed by atoms with Gasteiger partial charge < -0.3 is 14.4 Å². The zero-order valence-corrected chi connectivity index (χ0v) is 25.2. The number of methoxy groups -OCH3 is 1. The molecule has 0 aliphatic carbocycles. The third kappa shape index (κ3) is 5.67. The summed E-state index contributed by atoms with van der Waals surface area (Å²) in [6.07, 6.45) is 4.10. The summed E-state index contributed by atoms with van der Waals surface area (Å²) in [5.74, 6) is 0.971. The van der Waals surface area contributed by atoms with Gasteiger partial charge in [0.05, 0.1) is 24.1 Å². The first kappa shape index (κ1) is 29.8. The van der Waals surface area contributed by atoms with E-state index in [0.717, 1.165) is 6.54 Å². The fourth-order valence-corrected chi connectivity index (χ4v) is 6.42. The summed E-state index contributed by atoms with van der Waals surface area (Å²) in [6.45, 7) is 7.73. The predicted octanol–water partition coefficient (Wildman–Crippen LogP) is 1.88. The summed E-state index contributed by atoms with van der Waals surface area (Å²) in [5, 5.41) is 4.56. The molecule has 0 unspecified atom stereocenters. The van der Waals surface area contributed by atoms with Gasteiger partial charge in [-0.05, 0) is 31.2 Å². The molecule has 14 heteroatoms. The first-order valence-electron chi connectivity index (χ1n) is 14.0. The third-order valence-electron chi connectivity index (χ3n) is 7.41. The van der Waals surface area contributed by atoms with E-state index >= 15 is 0 Å². The lowest BCUT2D eigenvalue weighted by molar-refractivity contribution is 0.170. The van der Waals surface area contributed by atoms with E-state index in [-0.39, 0.29) is 34.3 Å². The van der Waals surface area contributed by atoms with Crippen molar-refractivity contribution in [3.05, 3.63) is 52.7 Å². The Bertz CT molecular complexity index is 1710. The number of aryl methyl sites for hydroxylation is 1. The molecule has 5 heterocycles. The first-order chi connectivity index (χ1) is 20.3. The van der Waals surface area contributed by atoms with Crippen molar-refractivity contribution in [1.82, 2.24) is 38.5 Å². The van der Waals surface area contributed by atoms with Crippen LogP contribution in [0.1, 0.15) is 26.0 Å². The van der Waals surface area contributed by atoms with E-state index in [4.69, 9.17) is 14.5 Å². The van der Waals surface area contributed by atoms with Gasteiger partial charge in [0.1, 0.15) is 16.2 Å². The molecule has 0 amide bonds. The van der Waals surface area contributed by atoms with Gasteiger partial charge in [0, 0.05) is 59.6 Å². The van der Waals surface area contributed by atoms with Crippen LogP contribution in [0.2, 0.25) is 0 Å². The molecule has 1 saturated heterocycles. The molecule has 0 atom stereocenters. The Balaban J connectivity index is 1.65. The van der Waals surface area contributed by atoms with Crippen LogP contribution in [0.15, 0.2) is 46.3 Å². The van der Waals surface area contributed by atoms with Gasteiger partial charge in [-0.25, -0.2) is 28.1 Å². The molecule has 42 heavy (non-hydrogen) atoms. The lowest BCUT2D eigenvalue weighted by atomic mass is 10.2. The molecule has 1 aliphatic rings. The standard InChI is InChI=1S/C28H36N8O5S/c1-5-22-24-25(32-36(22)23-10-7-8-11-29-23)28(37)33(3)26(31-24)21-18-20(19-30-27(21)41-17-9-16-40-4)42(38,39)35-14-12-34(6-2)13-15-35/h7-8,10-11,18-19H,5-6,9,12-17H2,1-4H3. The van der Waals surface area contributed by atoms with Gasteiger partial charge in [0.25, 0.3) is 5.56 Å². The van der Waals surface area contributed by atoms with Crippen LogP contribution in [0.4, 0.5) is 0 Å². The highest BCUT2D eigenvalue weighted by Crippen LogP contribution is 2.31. The minimum atomic E-state index is -3.85. The number of likely N-dealkylation sites (N-methyl/N-ethyl adjacent to an activating group) is 1. The van der Waals surface area contributed by atoms with Crippen molar-refractivity contribution < 1.29 is 17.9 Å². The minimum Gasteiger partial charge on any atom is -0.477 e. The molecule has 5 rings (SSSR count). The zero-order valence-electron chi connectivity index (χ0n) is 24.4. The van der Waals surface area contributed by atoms with Crippen LogP contribution in [-0.2, 0) is 28.2 Å². The van der Waals surface area contributed by atoms with Crippen LogP contribution in [0.3, 0.4) is 0 Å². The van der Waals surface area contributed by atoms with Crippen LogP contribution in [0.25, 0.3) is 28.2 Å². The van der Waals surface area contributed by atoms with Gasteiger partial charge in [0.2, 0.25) is 15.9 Å². The minimum absolute atomic E-state index is 0.0148. The third-order valence-corrected chi connectivity index (χ3v) is 9.28. The predicted molar refractivity (Wildman–Crippen MR) is 157 cm³/mol. The van der Waals surface area contributed by atoms with Crippen molar-refractivity contribution in [3.8, 4) is 23.1 Å². The Morgan fingerprint density at radius 3 is 2.48 bits per heavy atom. The molecule has 0 radical (unpaired) electrons. The van der Waals surface area contributed by atoms with Crippen LogP contribution in [0, 0.1) is 0 Å². The van der Waals surface area contributed by atoms with Gasteiger partial charge in [-0.2, -0.15) is 9.40 Å². The number of aromatic nitrogens is 6. The maximum absolute atomic E-state index is 13.7. The van der Waals surface area contributed by atoms with E-state index in [1.807, 2.05) is 13.0 Å². The largest absolute Gasteiger partial charge is 0.477 e. The molecule has 0 saturated carbocycles. The highest BCUT2D eigenvalue weighted by molar-refractivity contribution is 7.89. The average molecular weight is 597 g/mol. The van der Waals surface area contributed by atoms with E-state index in [0.29, 0.717) is 68.2 Å². The summed E-state index contributed by atoms with van der Waals surface area (Å²) in [4.78, 5) is 29.6. The monoisotopic (exact) mass is 596 g/mol. The molecule has 4 aromatic rings. The Morgan fingerprint density at radius 2 is 1.81 bits per heavy atom. The topological polar surface area (TPSA) is 138 Å². The highest BCUT2D eigenvalue weighted by atomic mass is 32.2. The number of fused-ring (bicyclic) bond motifs is 1. The molecule has 224 valence electrons. The number of nitrogens with zero attached hydrogens (tertiary/aromatic N) is 8. The fourth-order valence-electron chi connectivity index (χ4n) is 5.03. The molecule has 0 aromatic carbocycles. The van der Waals surface area contributed by atoms with Crippen molar-refractivity contribution >= 4 is 21.1 Å². The summed E-state index contributed by atoms with van der Waals surface area (Å²) >= 11 is 0. The van der Waals surface area contributed by atoms with Crippen molar-refractivity contribution in [2.45, 2.75) is 31.6 Å². The molecule has 0 N–H and O–H groups in total. The molecular formula is C28H36N8O5S. The second-order valence-corrected chi connectivity index (χ2v) is 11.9. The Labute approximate surface area is 244 Å². The van der Waals surface area contributed by atoms with Crippen LogP contribution in [0.5, 0.6) is 5.88 Å². The normalized spacial score (nSPS) is 15.0. The number of rotatable bonds is 11. The van der Waals surface area contributed by atoms with E-state index in [1.54, 1.807) is 37.2 Å². The molecule has 1 fully saturated rings. The second kappa shape index (κ2) is 12.7. The van der Waals surface area contributed by atoms with Crippen LogP contribution < -0.4 is 10.3 Å². The molecular weight excluding hydrogens is 560 g/mol.